The highest BCUT2D eigenvalue weighted by Gasteiger charge is 2.32. The number of nitrogens with zero attached hydrogens (tertiary/aromatic N) is 1. The van der Waals surface area contributed by atoms with Gasteiger partial charge in [-0.15, -0.1) is 0 Å². The minimum atomic E-state index is -3.58. The van der Waals surface area contributed by atoms with Crippen LogP contribution in [0, 0.1) is 12.0 Å². The summed E-state index contributed by atoms with van der Waals surface area (Å²) in [5.41, 5.74) is 0. The first-order valence-electron chi connectivity index (χ1n) is 5.71. The lowest BCUT2D eigenvalue weighted by Crippen LogP contribution is -2.42. The van der Waals surface area contributed by atoms with E-state index in [1.165, 1.54) is 28.6 Å². The third kappa shape index (κ3) is 2.54. The van der Waals surface area contributed by atoms with E-state index >= 15 is 0 Å². The fourth-order valence-corrected chi connectivity index (χ4v) is 3.58. The van der Waals surface area contributed by atoms with Gasteiger partial charge in [0.25, 0.3) is 0 Å². The van der Waals surface area contributed by atoms with E-state index in [9.17, 15) is 13.2 Å². The van der Waals surface area contributed by atoms with Crippen LogP contribution in [0.2, 0.25) is 0 Å². The number of hydrogen-bond acceptors (Lipinski definition) is 3. The summed E-state index contributed by atoms with van der Waals surface area (Å²) in [5, 5.41) is 8.97. The first kappa shape index (κ1) is 13.0. The Hall–Kier alpha value is -1.40. The number of carbonyl (C=O) groups is 1. The SMILES string of the molecule is O=C(O)C1CCCN(S(=O)(=O)c2cc[c]cc2)C1. The van der Waals surface area contributed by atoms with Crippen molar-refractivity contribution in [1.82, 2.24) is 4.31 Å². The van der Waals surface area contributed by atoms with E-state index in [0.29, 0.717) is 19.4 Å². The van der Waals surface area contributed by atoms with Crippen molar-refractivity contribution in [3.8, 4) is 0 Å². The zero-order valence-electron chi connectivity index (χ0n) is 9.74. The maximum absolute atomic E-state index is 12.3. The Morgan fingerprint density at radius 1 is 1.39 bits per heavy atom. The summed E-state index contributed by atoms with van der Waals surface area (Å²) >= 11 is 0. The fraction of sp³-hybridized carbons (Fsp3) is 0.417. The van der Waals surface area contributed by atoms with E-state index in [4.69, 9.17) is 5.11 Å². The van der Waals surface area contributed by atoms with E-state index < -0.39 is 21.9 Å². The van der Waals surface area contributed by atoms with E-state index in [2.05, 4.69) is 6.07 Å². The highest BCUT2D eigenvalue weighted by molar-refractivity contribution is 7.89. The summed E-state index contributed by atoms with van der Waals surface area (Å²) in [6.07, 6.45) is 1.11. The first-order valence-corrected chi connectivity index (χ1v) is 7.15. The lowest BCUT2D eigenvalue weighted by atomic mass is 10.0. The molecule has 1 fully saturated rings. The van der Waals surface area contributed by atoms with Crippen molar-refractivity contribution in [3.05, 3.63) is 30.3 Å². The highest BCUT2D eigenvalue weighted by atomic mass is 32.2. The zero-order chi connectivity index (χ0) is 13.2. The van der Waals surface area contributed by atoms with Crippen molar-refractivity contribution in [1.29, 1.82) is 0 Å². The van der Waals surface area contributed by atoms with Crippen molar-refractivity contribution in [2.75, 3.05) is 13.1 Å². The molecule has 6 heteroatoms. The molecule has 0 amide bonds. The standard InChI is InChI=1S/C12H14NO4S/c14-12(15)10-5-4-8-13(9-10)18(16,17)11-6-2-1-3-7-11/h2-3,6-7,10H,4-5,8-9H2,(H,14,15). The van der Waals surface area contributed by atoms with E-state index in [0.717, 1.165) is 0 Å². The maximum atomic E-state index is 12.3. The first-order chi connectivity index (χ1) is 8.51. The molecule has 1 aliphatic rings. The van der Waals surface area contributed by atoms with Gasteiger partial charge >= 0.3 is 5.97 Å². The molecule has 1 aromatic carbocycles. The summed E-state index contributed by atoms with van der Waals surface area (Å²) in [4.78, 5) is 11.1. The van der Waals surface area contributed by atoms with Gasteiger partial charge in [0.15, 0.2) is 0 Å². The van der Waals surface area contributed by atoms with Gasteiger partial charge in [-0.1, -0.05) is 12.1 Å². The highest BCUT2D eigenvalue weighted by Crippen LogP contribution is 2.23. The Bertz CT molecular complexity index is 526. The summed E-state index contributed by atoms with van der Waals surface area (Å²) in [6.45, 7) is 0.432. The molecule has 1 aromatic rings. The molecule has 0 aliphatic carbocycles. The molecule has 1 unspecified atom stereocenters. The summed E-state index contributed by atoms with van der Waals surface area (Å²) < 4.78 is 25.8. The molecular weight excluding hydrogens is 254 g/mol. The van der Waals surface area contributed by atoms with Crippen LogP contribution in [0.3, 0.4) is 0 Å². The van der Waals surface area contributed by atoms with E-state index in [-0.39, 0.29) is 11.4 Å². The van der Waals surface area contributed by atoms with Gasteiger partial charge in [0.1, 0.15) is 0 Å². The molecule has 1 heterocycles. The molecule has 18 heavy (non-hydrogen) atoms. The molecule has 2 rings (SSSR count). The second kappa shape index (κ2) is 5.07. The maximum Gasteiger partial charge on any atom is 0.307 e. The Morgan fingerprint density at radius 2 is 2.06 bits per heavy atom. The van der Waals surface area contributed by atoms with Crippen molar-refractivity contribution in [2.24, 2.45) is 5.92 Å². The number of hydrogen-bond donors (Lipinski definition) is 1. The Morgan fingerprint density at radius 3 is 2.67 bits per heavy atom. The Labute approximate surface area is 106 Å². The number of sulfonamides is 1. The van der Waals surface area contributed by atoms with Crippen LogP contribution in [-0.4, -0.2) is 36.9 Å². The van der Waals surface area contributed by atoms with Crippen molar-refractivity contribution < 1.29 is 18.3 Å². The number of rotatable bonds is 3. The minimum absolute atomic E-state index is 0.0519. The van der Waals surface area contributed by atoms with Crippen molar-refractivity contribution >= 4 is 16.0 Å². The average molecular weight is 268 g/mol. The zero-order valence-corrected chi connectivity index (χ0v) is 10.6. The summed E-state index contributed by atoms with van der Waals surface area (Å²) in [6, 6.07) is 8.77. The smallest absolute Gasteiger partial charge is 0.307 e. The van der Waals surface area contributed by atoms with Crippen LogP contribution >= 0.6 is 0 Å². The van der Waals surface area contributed by atoms with Gasteiger partial charge in [-0.2, -0.15) is 4.31 Å². The summed E-state index contributed by atoms with van der Waals surface area (Å²) in [7, 11) is -3.58. The number of carboxylic acids is 1. The average Bonchev–Trinajstić information content (AvgIpc) is 2.40. The lowest BCUT2D eigenvalue weighted by molar-refractivity contribution is -0.142. The molecule has 0 spiro atoms. The molecule has 1 atom stereocenters. The van der Waals surface area contributed by atoms with E-state index in [1.807, 2.05) is 0 Å². The van der Waals surface area contributed by atoms with Gasteiger partial charge < -0.3 is 5.11 Å². The topological polar surface area (TPSA) is 74.7 Å². The molecule has 0 bridgehead atoms. The molecule has 0 aromatic heterocycles. The lowest BCUT2D eigenvalue weighted by Gasteiger charge is -2.29. The number of aliphatic carboxylic acids is 1. The summed E-state index contributed by atoms with van der Waals surface area (Å²) in [5.74, 6) is -1.54. The second-order valence-electron chi connectivity index (χ2n) is 4.28. The molecule has 1 N–H and O–H groups in total. The van der Waals surface area contributed by atoms with Gasteiger partial charge in [-0.05, 0) is 31.0 Å². The number of piperidine rings is 1. The molecule has 5 nitrogen and oxygen atoms in total. The van der Waals surface area contributed by atoms with Crippen LogP contribution in [0.4, 0.5) is 0 Å². The molecule has 1 radical (unpaired) electrons. The van der Waals surface area contributed by atoms with Gasteiger partial charge in [0, 0.05) is 13.1 Å². The second-order valence-corrected chi connectivity index (χ2v) is 6.21. The third-order valence-corrected chi connectivity index (χ3v) is 4.94. The fourth-order valence-electron chi connectivity index (χ4n) is 2.05. The molecule has 1 saturated heterocycles. The molecule has 0 saturated carbocycles. The number of carboxylic acid groups (broad SMARTS) is 1. The minimum Gasteiger partial charge on any atom is -0.481 e. The van der Waals surface area contributed by atoms with Crippen LogP contribution in [-0.2, 0) is 14.8 Å². The Kier molecular flexibility index (Phi) is 3.68. The van der Waals surface area contributed by atoms with Gasteiger partial charge in [0.05, 0.1) is 10.8 Å². The van der Waals surface area contributed by atoms with Crippen LogP contribution in [0.5, 0.6) is 0 Å². The molecular formula is C12H14NO4S. The van der Waals surface area contributed by atoms with Crippen LogP contribution in [0.25, 0.3) is 0 Å². The monoisotopic (exact) mass is 268 g/mol. The quantitative estimate of drug-likeness (QED) is 0.886. The van der Waals surface area contributed by atoms with Gasteiger partial charge in [-0.25, -0.2) is 8.42 Å². The molecule has 97 valence electrons. The number of benzene rings is 1. The van der Waals surface area contributed by atoms with Gasteiger partial charge in [-0.3, -0.25) is 4.79 Å². The normalized spacial score (nSPS) is 21.7. The third-order valence-electron chi connectivity index (χ3n) is 3.06. The van der Waals surface area contributed by atoms with Crippen molar-refractivity contribution in [2.45, 2.75) is 17.7 Å². The predicted octanol–water partition coefficient (Wildman–Crippen LogP) is 0.972. The Balaban J connectivity index is 2.23. The van der Waals surface area contributed by atoms with Crippen molar-refractivity contribution in [3.63, 3.8) is 0 Å². The van der Waals surface area contributed by atoms with Crippen LogP contribution in [0.1, 0.15) is 12.8 Å². The van der Waals surface area contributed by atoms with Crippen LogP contribution < -0.4 is 0 Å². The van der Waals surface area contributed by atoms with Gasteiger partial charge in [0.2, 0.25) is 10.0 Å². The predicted molar refractivity (Wildman–Crippen MR) is 64.4 cm³/mol. The van der Waals surface area contributed by atoms with Crippen LogP contribution in [0.15, 0.2) is 29.2 Å². The molecule has 1 aliphatic heterocycles. The largest absolute Gasteiger partial charge is 0.481 e. The van der Waals surface area contributed by atoms with E-state index in [1.54, 1.807) is 0 Å².